The molecule has 11 rings (SSSR count). The molecule has 0 N–H and O–H groups in total. The number of fused-ring (bicyclic) bond motifs is 12. The fourth-order valence-electron chi connectivity index (χ4n) is 9.33. The van der Waals surface area contributed by atoms with Gasteiger partial charge in [-0.1, -0.05) is 170 Å². The van der Waals surface area contributed by atoms with Gasteiger partial charge in [-0.25, -0.2) is 0 Å². The molecule has 2 aliphatic rings. The number of benzene rings is 9. The second-order valence-electron chi connectivity index (χ2n) is 14.0. The van der Waals surface area contributed by atoms with Crippen LogP contribution in [0.5, 0.6) is 0 Å². The molecule has 1 nitrogen and oxygen atoms in total. The minimum atomic E-state index is -0.394. The van der Waals surface area contributed by atoms with E-state index >= 15 is 0 Å². The van der Waals surface area contributed by atoms with Crippen LogP contribution >= 0.6 is 0 Å². The third-order valence-corrected chi connectivity index (χ3v) is 11.4. The van der Waals surface area contributed by atoms with Crippen LogP contribution in [0, 0.1) is 0 Å². The third-order valence-electron chi connectivity index (χ3n) is 11.4. The zero-order chi connectivity index (χ0) is 34.2. The first-order chi connectivity index (χ1) is 25.8. The van der Waals surface area contributed by atoms with E-state index in [-0.39, 0.29) is 0 Å². The summed E-state index contributed by atoms with van der Waals surface area (Å²) in [6.45, 7) is 0. The molecule has 0 unspecified atom stereocenters. The molecule has 0 aliphatic heterocycles. The number of hydrogen-bond donors (Lipinski definition) is 0. The maximum atomic E-state index is 2.41. The summed E-state index contributed by atoms with van der Waals surface area (Å²) in [6.07, 6.45) is 0. The van der Waals surface area contributed by atoms with Crippen LogP contribution in [0.15, 0.2) is 200 Å². The lowest BCUT2D eigenvalue weighted by molar-refractivity contribution is 0.796. The second-order valence-corrected chi connectivity index (χ2v) is 14.0. The van der Waals surface area contributed by atoms with E-state index in [1.807, 2.05) is 0 Å². The molecule has 242 valence electrons. The predicted octanol–water partition coefficient (Wildman–Crippen LogP) is 13.5. The number of rotatable bonds is 4. The van der Waals surface area contributed by atoms with Crippen LogP contribution in [0.1, 0.15) is 22.3 Å². The summed E-state index contributed by atoms with van der Waals surface area (Å²) in [7, 11) is 0. The quantitative estimate of drug-likeness (QED) is 0.182. The van der Waals surface area contributed by atoms with Gasteiger partial charge in [0.15, 0.2) is 0 Å². The standard InChI is InChI=1S/C51H33N/c1-2-15-37-33-39(32-27-34(37)13-1)52(49-26-11-16-35-14-3-4-17-40(35)49)38-30-28-36(29-31-38)41-21-12-22-45-44-20-7-10-25-48(44)51(50(41)45)46-23-8-5-18-42(46)43-19-6-9-24-47(43)51/h1-33H. The normalized spacial score (nSPS) is 13.2. The first-order valence-corrected chi connectivity index (χ1v) is 18.1. The maximum Gasteiger partial charge on any atom is 0.0731 e. The Labute approximate surface area is 303 Å². The fourth-order valence-corrected chi connectivity index (χ4v) is 9.33. The Kier molecular flexibility index (Phi) is 6.23. The average molecular weight is 660 g/mol. The first kappa shape index (κ1) is 29.1. The van der Waals surface area contributed by atoms with E-state index in [1.165, 1.54) is 77.2 Å². The van der Waals surface area contributed by atoms with Crippen molar-refractivity contribution in [3.63, 3.8) is 0 Å². The Bertz CT molecular complexity index is 2790. The zero-order valence-electron chi connectivity index (χ0n) is 28.5. The minimum absolute atomic E-state index is 0.394. The van der Waals surface area contributed by atoms with Crippen LogP contribution in [0.4, 0.5) is 17.1 Å². The number of hydrogen-bond acceptors (Lipinski definition) is 1. The zero-order valence-corrected chi connectivity index (χ0v) is 28.5. The van der Waals surface area contributed by atoms with Gasteiger partial charge in [-0.15, -0.1) is 0 Å². The number of anilines is 3. The van der Waals surface area contributed by atoms with E-state index in [4.69, 9.17) is 0 Å². The topological polar surface area (TPSA) is 3.24 Å². The molecule has 0 fully saturated rings. The highest BCUT2D eigenvalue weighted by atomic mass is 15.1. The lowest BCUT2D eigenvalue weighted by atomic mass is 9.68. The molecule has 0 bridgehead atoms. The smallest absolute Gasteiger partial charge is 0.0731 e. The van der Waals surface area contributed by atoms with Gasteiger partial charge >= 0.3 is 0 Å². The van der Waals surface area contributed by atoms with E-state index in [0.29, 0.717) is 0 Å². The van der Waals surface area contributed by atoms with E-state index < -0.39 is 5.41 Å². The van der Waals surface area contributed by atoms with Gasteiger partial charge in [0.1, 0.15) is 0 Å². The molecule has 52 heavy (non-hydrogen) atoms. The van der Waals surface area contributed by atoms with Gasteiger partial charge in [0.25, 0.3) is 0 Å². The summed E-state index contributed by atoms with van der Waals surface area (Å²) < 4.78 is 0. The molecule has 0 heterocycles. The van der Waals surface area contributed by atoms with Crippen molar-refractivity contribution in [3.05, 3.63) is 222 Å². The van der Waals surface area contributed by atoms with Crippen molar-refractivity contribution in [3.8, 4) is 33.4 Å². The molecule has 0 aromatic heterocycles. The monoisotopic (exact) mass is 659 g/mol. The summed E-state index contributed by atoms with van der Waals surface area (Å²) in [4.78, 5) is 2.41. The summed E-state index contributed by atoms with van der Waals surface area (Å²) in [5.74, 6) is 0. The number of nitrogens with zero attached hydrogens (tertiary/aromatic N) is 1. The second kappa shape index (κ2) is 11.2. The Morgan fingerprint density at radius 1 is 0.327 bits per heavy atom. The molecular weight excluding hydrogens is 627 g/mol. The predicted molar refractivity (Wildman–Crippen MR) is 218 cm³/mol. The highest BCUT2D eigenvalue weighted by molar-refractivity contribution is 6.01. The first-order valence-electron chi connectivity index (χ1n) is 18.1. The van der Waals surface area contributed by atoms with Crippen molar-refractivity contribution >= 4 is 38.6 Å². The molecule has 9 aromatic rings. The van der Waals surface area contributed by atoms with Crippen molar-refractivity contribution in [1.29, 1.82) is 0 Å². The largest absolute Gasteiger partial charge is 0.310 e. The van der Waals surface area contributed by atoms with Crippen LogP contribution < -0.4 is 4.90 Å². The molecule has 2 aliphatic carbocycles. The van der Waals surface area contributed by atoms with Crippen molar-refractivity contribution < 1.29 is 0 Å². The van der Waals surface area contributed by atoms with Crippen LogP contribution in [0.25, 0.3) is 54.9 Å². The SMILES string of the molecule is c1ccc2c(c1)-c1ccccc1C21c2ccccc2-c2cccc(-c3ccc(N(c4ccc5ccccc5c4)c4cccc5ccccc45)cc3)c21. The highest BCUT2D eigenvalue weighted by Crippen LogP contribution is 2.64. The Hall–Kier alpha value is -6.70. The average Bonchev–Trinajstić information content (AvgIpc) is 3.69. The van der Waals surface area contributed by atoms with Crippen molar-refractivity contribution in [2.24, 2.45) is 0 Å². The van der Waals surface area contributed by atoms with Gasteiger partial charge < -0.3 is 4.90 Å². The fraction of sp³-hybridized carbons (Fsp3) is 0.0196. The summed E-state index contributed by atoms with van der Waals surface area (Å²) in [6, 6.07) is 74.0. The molecule has 0 atom stereocenters. The van der Waals surface area contributed by atoms with Gasteiger partial charge in [-0.05, 0) is 102 Å². The van der Waals surface area contributed by atoms with E-state index in [2.05, 4.69) is 205 Å². The van der Waals surface area contributed by atoms with Gasteiger partial charge in [-0.3, -0.25) is 0 Å². The minimum Gasteiger partial charge on any atom is -0.310 e. The summed E-state index contributed by atoms with van der Waals surface area (Å²) >= 11 is 0. The molecule has 1 heteroatoms. The highest BCUT2D eigenvalue weighted by Gasteiger charge is 2.52. The molecule has 0 radical (unpaired) electrons. The summed E-state index contributed by atoms with van der Waals surface area (Å²) in [5, 5.41) is 4.91. The van der Waals surface area contributed by atoms with Gasteiger partial charge in [-0.2, -0.15) is 0 Å². The van der Waals surface area contributed by atoms with Crippen LogP contribution in [0.2, 0.25) is 0 Å². The maximum absolute atomic E-state index is 2.41. The van der Waals surface area contributed by atoms with Gasteiger partial charge in [0, 0.05) is 16.8 Å². The molecule has 0 amide bonds. The lowest BCUT2D eigenvalue weighted by Gasteiger charge is -2.32. The van der Waals surface area contributed by atoms with Crippen LogP contribution in [-0.4, -0.2) is 0 Å². The molecular formula is C51H33N. The molecule has 0 saturated heterocycles. The third kappa shape index (κ3) is 3.99. The molecule has 9 aromatic carbocycles. The van der Waals surface area contributed by atoms with Crippen molar-refractivity contribution in [2.75, 3.05) is 4.90 Å². The van der Waals surface area contributed by atoms with E-state index in [0.717, 1.165) is 17.1 Å². The lowest BCUT2D eigenvalue weighted by Crippen LogP contribution is -2.26. The van der Waals surface area contributed by atoms with Crippen molar-refractivity contribution in [1.82, 2.24) is 0 Å². The van der Waals surface area contributed by atoms with Crippen molar-refractivity contribution in [2.45, 2.75) is 5.41 Å². The van der Waals surface area contributed by atoms with Crippen LogP contribution in [-0.2, 0) is 5.41 Å². The van der Waals surface area contributed by atoms with Gasteiger partial charge in [0.05, 0.1) is 11.1 Å². The Morgan fingerprint density at radius 2 is 0.827 bits per heavy atom. The van der Waals surface area contributed by atoms with Gasteiger partial charge in [0.2, 0.25) is 0 Å². The Morgan fingerprint density at radius 3 is 1.54 bits per heavy atom. The summed E-state index contributed by atoms with van der Waals surface area (Å²) in [5.41, 5.74) is 16.3. The molecule has 1 spiro atoms. The van der Waals surface area contributed by atoms with E-state index in [1.54, 1.807) is 0 Å². The Balaban J connectivity index is 1.12. The van der Waals surface area contributed by atoms with Crippen LogP contribution in [0.3, 0.4) is 0 Å². The molecule has 0 saturated carbocycles. The van der Waals surface area contributed by atoms with E-state index in [9.17, 15) is 0 Å².